The number of hydrogen-bond acceptors (Lipinski definition) is 7. The largest absolute Gasteiger partial charge is 0.481 e. The minimum Gasteiger partial charge on any atom is -0.481 e. The molecule has 9 heteroatoms. The zero-order valence-corrected chi connectivity index (χ0v) is 17.3. The summed E-state index contributed by atoms with van der Waals surface area (Å²) in [7, 11) is 1.56. The summed E-state index contributed by atoms with van der Waals surface area (Å²) in [5.41, 5.74) is 0.615. The summed E-state index contributed by atoms with van der Waals surface area (Å²) in [4.78, 5) is 37.3. The normalized spacial score (nSPS) is 19.1. The number of anilines is 2. The van der Waals surface area contributed by atoms with Gasteiger partial charge in [0.15, 0.2) is 5.82 Å². The Morgan fingerprint density at radius 2 is 2.03 bits per heavy atom. The number of hydrogen-bond donors (Lipinski definition) is 3. The van der Waals surface area contributed by atoms with E-state index in [1.165, 1.54) is 6.92 Å². The van der Waals surface area contributed by atoms with E-state index in [1.54, 1.807) is 19.4 Å². The van der Waals surface area contributed by atoms with Crippen molar-refractivity contribution in [2.75, 3.05) is 17.7 Å². The highest BCUT2D eigenvalue weighted by Gasteiger charge is 2.28. The number of methoxy groups -OCH3 is 1. The maximum Gasteiger partial charge on any atom is 0.230 e. The van der Waals surface area contributed by atoms with Crippen molar-refractivity contribution in [2.45, 2.75) is 58.5 Å². The third-order valence-electron chi connectivity index (χ3n) is 4.86. The van der Waals surface area contributed by atoms with Crippen molar-refractivity contribution >= 4 is 34.5 Å². The molecule has 2 aromatic rings. The molecule has 2 amide bonds. The fourth-order valence-electron chi connectivity index (χ4n) is 3.61. The Bertz CT molecular complexity index is 901. The van der Waals surface area contributed by atoms with Crippen LogP contribution in [0, 0.1) is 5.92 Å². The summed E-state index contributed by atoms with van der Waals surface area (Å²) in [6, 6.07) is 1.94. The molecule has 0 unspecified atom stereocenters. The standard InChI is InChI=1S/C20H28N6O3/c1-11(2)22-18-17-14(9-16(24-18)29-4)10-21-20(25-17)26-19(28)13-6-5-7-15(8-13)23-12(3)27/h9-11,13,15H,5-8H2,1-4H3,(H,22,24)(H,23,27)(H,21,25,26,28)/t13-,15+/m0/s1. The van der Waals surface area contributed by atoms with Crippen LogP contribution in [-0.2, 0) is 9.59 Å². The Balaban J connectivity index is 1.79. The predicted octanol–water partition coefficient (Wildman–Crippen LogP) is 2.49. The predicted molar refractivity (Wildman–Crippen MR) is 111 cm³/mol. The smallest absolute Gasteiger partial charge is 0.230 e. The van der Waals surface area contributed by atoms with Gasteiger partial charge in [-0.2, -0.15) is 4.98 Å². The number of nitrogens with one attached hydrogen (secondary N) is 3. The molecule has 1 aliphatic carbocycles. The highest BCUT2D eigenvalue weighted by molar-refractivity contribution is 5.94. The molecule has 1 aliphatic rings. The van der Waals surface area contributed by atoms with Gasteiger partial charge >= 0.3 is 0 Å². The fraction of sp³-hybridized carbons (Fsp3) is 0.550. The van der Waals surface area contributed by atoms with Crippen LogP contribution >= 0.6 is 0 Å². The third-order valence-corrected chi connectivity index (χ3v) is 4.86. The lowest BCUT2D eigenvalue weighted by molar-refractivity contribution is -0.123. The number of carbonyl (C=O) groups excluding carboxylic acids is 2. The molecular formula is C20H28N6O3. The molecule has 2 heterocycles. The van der Waals surface area contributed by atoms with Crippen LogP contribution in [0.4, 0.5) is 11.8 Å². The highest BCUT2D eigenvalue weighted by atomic mass is 16.5. The average Bonchev–Trinajstić information content (AvgIpc) is 2.67. The van der Waals surface area contributed by atoms with Crippen molar-refractivity contribution in [1.82, 2.24) is 20.3 Å². The van der Waals surface area contributed by atoms with Gasteiger partial charge in [0.25, 0.3) is 0 Å². The van der Waals surface area contributed by atoms with Gasteiger partial charge in [0.05, 0.1) is 7.11 Å². The average molecular weight is 400 g/mol. The second kappa shape index (κ2) is 9.02. The Morgan fingerprint density at radius 1 is 1.24 bits per heavy atom. The zero-order chi connectivity index (χ0) is 21.0. The van der Waals surface area contributed by atoms with Crippen LogP contribution in [0.15, 0.2) is 12.3 Å². The number of aromatic nitrogens is 3. The molecule has 2 aromatic heterocycles. The molecule has 3 N–H and O–H groups in total. The monoisotopic (exact) mass is 400 g/mol. The van der Waals surface area contributed by atoms with Gasteiger partial charge in [0, 0.05) is 42.6 Å². The molecule has 3 rings (SSSR count). The molecule has 156 valence electrons. The molecular weight excluding hydrogens is 372 g/mol. The number of ether oxygens (including phenoxy) is 1. The van der Waals surface area contributed by atoms with Crippen LogP contribution in [0.25, 0.3) is 10.9 Å². The number of nitrogens with zero attached hydrogens (tertiary/aromatic N) is 3. The minimum absolute atomic E-state index is 0.0352. The summed E-state index contributed by atoms with van der Waals surface area (Å²) in [6.07, 6.45) is 4.85. The summed E-state index contributed by atoms with van der Waals surface area (Å²) in [5.74, 6) is 0.911. The van der Waals surface area contributed by atoms with Gasteiger partial charge in [-0.1, -0.05) is 6.42 Å². The van der Waals surface area contributed by atoms with E-state index in [9.17, 15) is 9.59 Å². The number of rotatable bonds is 6. The van der Waals surface area contributed by atoms with Gasteiger partial charge in [-0.25, -0.2) is 9.97 Å². The van der Waals surface area contributed by atoms with Crippen molar-refractivity contribution in [3.8, 4) is 5.88 Å². The third kappa shape index (κ3) is 5.30. The molecule has 9 nitrogen and oxygen atoms in total. The second-order valence-corrected chi connectivity index (χ2v) is 7.69. The van der Waals surface area contributed by atoms with Crippen molar-refractivity contribution in [3.05, 3.63) is 12.3 Å². The first-order chi connectivity index (χ1) is 13.9. The van der Waals surface area contributed by atoms with E-state index in [-0.39, 0.29) is 35.8 Å². The maximum atomic E-state index is 12.7. The van der Waals surface area contributed by atoms with Crippen LogP contribution in [0.2, 0.25) is 0 Å². The Labute approximate surface area is 170 Å². The molecule has 0 saturated heterocycles. The topological polar surface area (TPSA) is 118 Å². The summed E-state index contributed by atoms with van der Waals surface area (Å²) in [5, 5.41) is 9.76. The first-order valence-electron chi connectivity index (χ1n) is 9.92. The Kier molecular flexibility index (Phi) is 6.46. The van der Waals surface area contributed by atoms with Gasteiger partial charge in [0.2, 0.25) is 23.6 Å². The summed E-state index contributed by atoms with van der Waals surface area (Å²) >= 11 is 0. The first-order valence-corrected chi connectivity index (χ1v) is 9.92. The summed E-state index contributed by atoms with van der Waals surface area (Å²) in [6.45, 7) is 5.51. The van der Waals surface area contributed by atoms with Gasteiger partial charge < -0.3 is 15.4 Å². The quantitative estimate of drug-likeness (QED) is 0.682. The Morgan fingerprint density at radius 3 is 2.72 bits per heavy atom. The lowest BCUT2D eigenvalue weighted by Crippen LogP contribution is -2.40. The van der Waals surface area contributed by atoms with Crippen molar-refractivity contribution in [1.29, 1.82) is 0 Å². The number of fused-ring (bicyclic) bond motifs is 1. The van der Waals surface area contributed by atoms with E-state index >= 15 is 0 Å². The lowest BCUT2D eigenvalue weighted by atomic mass is 9.85. The molecule has 0 spiro atoms. The number of amides is 2. The van der Waals surface area contributed by atoms with Crippen LogP contribution in [-0.4, -0.2) is 46.0 Å². The van der Waals surface area contributed by atoms with Crippen LogP contribution in [0.5, 0.6) is 5.88 Å². The molecule has 0 aliphatic heterocycles. The van der Waals surface area contributed by atoms with Crippen LogP contribution in [0.3, 0.4) is 0 Å². The molecule has 2 atom stereocenters. The summed E-state index contributed by atoms with van der Waals surface area (Å²) < 4.78 is 5.25. The minimum atomic E-state index is -0.179. The fourth-order valence-corrected chi connectivity index (χ4v) is 3.61. The van der Waals surface area contributed by atoms with Gasteiger partial charge in [-0.15, -0.1) is 0 Å². The maximum absolute atomic E-state index is 12.7. The van der Waals surface area contributed by atoms with Crippen LogP contribution in [0.1, 0.15) is 46.5 Å². The van der Waals surface area contributed by atoms with Crippen molar-refractivity contribution < 1.29 is 14.3 Å². The van der Waals surface area contributed by atoms with Crippen LogP contribution < -0.4 is 20.7 Å². The molecule has 1 saturated carbocycles. The highest BCUT2D eigenvalue weighted by Crippen LogP contribution is 2.27. The number of carbonyl (C=O) groups is 2. The SMILES string of the molecule is COc1cc2cnc(NC(=O)[C@H]3CCC[C@@H](NC(C)=O)C3)nc2c(NC(C)C)n1. The molecule has 1 fully saturated rings. The van der Waals surface area contributed by atoms with E-state index in [0.29, 0.717) is 23.6 Å². The van der Waals surface area contributed by atoms with E-state index in [1.807, 2.05) is 13.8 Å². The van der Waals surface area contributed by atoms with Gasteiger partial charge in [0.1, 0.15) is 5.52 Å². The zero-order valence-electron chi connectivity index (χ0n) is 17.3. The van der Waals surface area contributed by atoms with Gasteiger partial charge in [-0.05, 0) is 33.1 Å². The lowest BCUT2D eigenvalue weighted by Gasteiger charge is -2.28. The molecule has 0 aromatic carbocycles. The van der Waals surface area contributed by atoms with Gasteiger partial charge in [-0.3, -0.25) is 14.9 Å². The van der Waals surface area contributed by atoms with Crippen molar-refractivity contribution in [3.63, 3.8) is 0 Å². The van der Waals surface area contributed by atoms with E-state index in [4.69, 9.17) is 4.74 Å². The van der Waals surface area contributed by atoms with E-state index in [0.717, 1.165) is 24.6 Å². The second-order valence-electron chi connectivity index (χ2n) is 7.69. The van der Waals surface area contributed by atoms with Crippen molar-refractivity contribution in [2.24, 2.45) is 5.92 Å². The van der Waals surface area contributed by atoms with E-state index < -0.39 is 0 Å². The molecule has 29 heavy (non-hydrogen) atoms. The first kappa shape index (κ1) is 20.8. The Hall–Kier alpha value is -2.97. The molecule has 0 radical (unpaired) electrons. The number of pyridine rings is 1. The van der Waals surface area contributed by atoms with E-state index in [2.05, 4.69) is 30.9 Å². The molecule has 0 bridgehead atoms.